The number of hydrazone groups is 1. The van der Waals surface area contributed by atoms with Gasteiger partial charge in [0, 0.05) is 23.7 Å². The summed E-state index contributed by atoms with van der Waals surface area (Å²) in [6.45, 7) is 0.486. The predicted molar refractivity (Wildman–Crippen MR) is 148 cm³/mol. The van der Waals surface area contributed by atoms with Crippen LogP contribution in [0.1, 0.15) is 24.5 Å². The molecule has 0 saturated heterocycles. The molecule has 1 aliphatic rings. The van der Waals surface area contributed by atoms with E-state index in [2.05, 4.69) is 14.4 Å². The largest absolute Gasteiger partial charge is 0.284 e. The molecule has 2 N–H and O–H groups in total. The number of halogens is 1. The summed E-state index contributed by atoms with van der Waals surface area (Å²) >= 11 is 5.94. The molecule has 0 aliphatic carbocycles. The molecule has 2 atom stereocenters. The Labute approximate surface area is 219 Å². The lowest BCUT2D eigenvalue weighted by molar-refractivity contribution is 0.464. The molecular weight excluding hydrogens is 518 g/mol. The molecule has 190 valence electrons. The maximum Gasteiger partial charge on any atom is 0.229 e. The number of nitrogens with one attached hydrogen (secondary N) is 2. The van der Waals surface area contributed by atoms with Crippen molar-refractivity contribution in [3.8, 4) is 0 Å². The molecular formula is C25H28ClN5O3S2. The fourth-order valence-corrected chi connectivity index (χ4v) is 5.23. The zero-order valence-corrected chi connectivity index (χ0v) is 21.4. The second kappa shape index (κ2) is 11.7. The molecule has 0 saturated carbocycles. The molecule has 1 heterocycles. The number of anilines is 1. The van der Waals surface area contributed by atoms with Gasteiger partial charge in [0.2, 0.25) is 16.0 Å². The van der Waals surface area contributed by atoms with Crippen LogP contribution >= 0.6 is 11.6 Å². The first kappa shape index (κ1) is 27.4. The molecule has 36 heavy (non-hydrogen) atoms. The molecule has 8 nitrogen and oxygen atoms in total. The van der Waals surface area contributed by atoms with Crippen LogP contribution in [0, 0.1) is 0 Å². The Balaban J connectivity index is 0.00000361. The monoisotopic (exact) mass is 545 g/mol. The highest BCUT2D eigenvalue weighted by Crippen LogP contribution is 2.29. The quantitative estimate of drug-likeness (QED) is 0.353. The molecule has 0 spiro atoms. The van der Waals surface area contributed by atoms with E-state index in [0.29, 0.717) is 28.1 Å². The SMILES string of the molecule is C.CN=C(NS(=O)c1ccc(Cl)cc1)N1CC(c2ccccc2)C(c2ccc(NS(C)(=O)=O)cc2)=N1. The van der Waals surface area contributed by atoms with E-state index in [-0.39, 0.29) is 13.3 Å². The van der Waals surface area contributed by atoms with Crippen LogP contribution in [0.2, 0.25) is 5.02 Å². The van der Waals surface area contributed by atoms with Gasteiger partial charge in [0.1, 0.15) is 0 Å². The molecule has 2 unspecified atom stereocenters. The number of hydrogen-bond donors (Lipinski definition) is 2. The minimum atomic E-state index is -3.37. The Morgan fingerprint density at radius 3 is 2.28 bits per heavy atom. The van der Waals surface area contributed by atoms with Crippen LogP contribution < -0.4 is 9.44 Å². The summed E-state index contributed by atoms with van der Waals surface area (Å²) in [5.74, 6) is 0.289. The third-order valence-corrected chi connectivity index (χ3v) is 7.19. The first-order valence-electron chi connectivity index (χ1n) is 10.6. The van der Waals surface area contributed by atoms with Crippen LogP contribution in [0.5, 0.6) is 0 Å². The number of nitrogens with zero attached hydrogens (tertiary/aromatic N) is 3. The topological polar surface area (TPSA) is 103 Å². The van der Waals surface area contributed by atoms with Crippen LogP contribution in [-0.2, 0) is 21.0 Å². The van der Waals surface area contributed by atoms with Gasteiger partial charge in [0.05, 0.1) is 23.4 Å². The Bertz CT molecular complexity index is 1380. The van der Waals surface area contributed by atoms with Crippen molar-refractivity contribution >= 4 is 50.0 Å². The first-order valence-corrected chi connectivity index (χ1v) is 14.1. The molecule has 0 bridgehead atoms. The fourth-order valence-electron chi connectivity index (χ4n) is 3.68. The van der Waals surface area contributed by atoms with Crippen LogP contribution in [0.25, 0.3) is 0 Å². The zero-order valence-electron chi connectivity index (χ0n) is 19.1. The van der Waals surface area contributed by atoms with Gasteiger partial charge in [0.15, 0.2) is 11.0 Å². The van der Waals surface area contributed by atoms with E-state index in [0.717, 1.165) is 23.1 Å². The van der Waals surface area contributed by atoms with Gasteiger partial charge in [-0.1, -0.05) is 61.5 Å². The van der Waals surface area contributed by atoms with E-state index < -0.39 is 21.0 Å². The van der Waals surface area contributed by atoms with E-state index in [9.17, 15) is 12.6 Å². The third kappa shape index (κ3) is 6.71. The highest BCUT2D eigenvalue weighted by Gasteiger charge is 2.32. The summed E-state index contributed by atoms with van der Waals surface area (Å²) < 4.78 is 41.4. The van der Waals surface area contributed by atoms with E-state index in [4.69, 9.17) is 16.7 Å². The average Bonchev–Trinajstić information content (AvgIpc) is 3.28. The Kier molecular flexibility index (Phi) is 8.89. The van der Waals surface area contributed by atoms with E-state index >= 15 is 0 Å². The predicted octanol–water partition coefficient (Wildman–Crippen LogP) is 4.45. The van der Waals surface area contributed by atoms with Crippen molar-refractivity contribution in [2.24, 2.45) is 10.1 Å². The summed E-state index contributed by atoms with van der Waals surface area (Å²) in [5.41, 5.74) is 3.18. The summed E-state index contributed by atoms with van der Waals surface area (Å²) in [5, 5.41) is 7.08. The van der Waals surface area contributed by atoms with Crippen molar-refractivity contribution in [2.75, 3.05) is 24.6 Å². The fraction of sp³-hybridized carbons (Fsp3) is 0.200. The second-order valence-corrected chi connectivity index (χ2v) is 11.3. The number of hydrogen-bond acceptors (Lipinski definition) is 5. The lowest BCUT2D eigenvalue weighted by Crippen LogP contribution is -2.38. The minimum absolute atomic E-state index is 0. The zero-order chi connectivity index (χ0) is 25.0. The summed E-state index contributed by atoms with van der Waals surface area (Å²) in [6.07, 6.45) is 1.11. The molecule has 0 amide bonds. The van der Waals surface area contributed by atoms with Crippen molar-refractivity contribution in [1.29, 1.82) is 0 Å². The second-order valence-electron chi connectivity index (χ2n) is 7.85. The molecule has 0 fully saturated rings. The highest BCUT2D eigenvalue weighted by atomic mass is 35.5. The number of benzene rings is 3. The van der Waals surface area contributed by atoms with E-state index in [1.807, 2.05) is 42.5 Å². The third-order valence-electron chi connectivity index (χ3n) is 5.27. The Morgan fingerprint density at radius 2 is 1.69 bits per heavy atom. The van der Waals surface area contributed by atoms with Crippen molar-refractivity contribution in [3.05, 3.63) is 95.0 Å². The normalized spacial score (nSPS) is 16.6. The van der Waals surface area contributed by atoms with Gasteiger partial charge in [-0.15, -0.1) is 0 Å². The van der Waals surface area contributed by atoms with Crippen LogP contribution in [0.15, 0.2) is 93.9 Å². The summed E-state index contributed by atoms with van der Waals surface area (Å²) in [6, 6.07) is 23.8. The first-order chi connectivity index (χ1) is 16.7. The maximum atomic E-state index is 12.9. The standard InChI is InChI=1S/C24H24ClN5O3S2.CH4/c1-26-24(28-34(31)21-14-10-19(25)11-15-21)30-16-22(17-6-4-3-5-7-17)23(27-30)18-8-12-20(13-9-18)29-35(2,32)33;/h3-15,22,29H,16H2,1-2H3,(H,26,28);1H4. The molecule has 3 aromatic carbocycles. The van der Waals surface area contributed by atoms with Crippen LogP contribution in [-0.4, -0.2) is 49.2 Å². The van der Waals surface area contributed by atoms with Crippen molar-refractivity contribution in [2.45, 2.75) is 18.2 Å². The maximum absolute atomic E-state index is 12.9. The molecule has 0 aromatic heterocycles. The van der Waals surface area contributed by atoms with Gasteiger partial charge in [-0.25, -0.2) is 17.6 Å². The number of aliphatic imine (C=N–C) groups is 1. The molecule has 1 aliphatic heterocycles. The molecule has 11 heteroatoms. The van der Waals surface area contributed by atoms with Crippen molar-refractivity contribution in [3.63, 3.8) is 0 Å². The van der Waals surface area contributed by atoms with Gasteiger partial charge in [-0.05, 0) is 47.5 Å². The van der Waals surface area contributed by atoms with E-state index in [1.54, 1.807) is 48.5 Å². The van der Waals surface area contributed by atoms with Crippen molar-refractivity contribution < 1.29 is 12.6 Å². The van der Waals surface area contributed by atoms with Crippen molar-refractivity contribution in [1.82, 2.24) is 9.73 Å². The minimum Gasteiger partial charge on any atom is -0.284 e. The lowest BCUT2D eigenvalue weighted by Gasteiger charge is -2.19. The molecule has 3 aromatic rings. The highest BCUT2D eigenvalue weighted by molar-refractivity contribution is 7.92. The lowest BCUT2D eigenvalue weighted by atomic mass is 9.90. The Hall–Kier alpha value is -3.21. The van der Waals surface area contributed by atoms with Gasteiger partial charge in [-0.3, -0.25) is 14.4 Å². The smallest absolute Gasteiger partial charge is 0.229 e. The van der Waals surface area contributed by atoms with Gasteiger partial charge in [-0.2, -0.15) is 5.10 Å². The van der Waals surface area contributed by atoms with Crippen LogP contribution in [0.4, 0.5) is 5.69 Å². The number of sulfonamides is 1. The van der Waals surface area contributed by atoms with Gasteiger partial charge in [0.25, 0.3) is 0 Å². The Morgan fingerprint density at radius 1 is 1.06 bits per heavy atom. The average molecular weight is 546 g/mol. The number of rotatable bonds is 6. The van der Waals surface area contributed by atoms with Gasteiger partial charge < -0.3 is 0 Å². The van der Waals surface area contributed by atoms with Crippen LogP contribution in [0.3, 0.4) is 0 Å². The van der Waals surface area contributed by atoms with Gasteiger partial charge >= 0.3 is 0 Å². The summed E-state index contributed by atoms with van der Waals surface area (Å²) in [4.78, 5) is 4.85. The summed E-state index contributed by atoms with van der Waals surface area (Å²) in [7, 11) is -3.32. The number of guanidine groups is 1. The molecule has 4 rings (SSSR count). The van der Waals surface area contributed by atoms with E-state index in [1.165, 1.54) is 0 Å². The molecule has 0 radical (unpaired) electrons.